The summed E-state index contributed by atoms with van der Waals surface area (Å²) >= 11 is 0. The Balaban J connectivity index is 1.34. The maximum atomic E-state index is 5.37. The summed E-state index contributed by atoms with van der Waals surface area (Å²) in [6, 6.07) is 42.4. The number of aromatic nitrogens is 6. The molecule has 5 aromatic heterocycles. The van der Waals surface area contributed by atoms with Crippen molar-refractivity contribution >= 4 is 60.0 Å². The zero-order valence-corrected chi connectivity index (χ0v) is 24.5. The Morgan fingerprint density at radius 3 is 2.11 bits per heavy atom. The van der Waals surface area contributed by atoms with Crippen molar-refractivity contribution in [3.8, 4) is 28.3 Å². The highest BCUT2D eigenvalue weighted by Gasteiger charge is 2.21. The van der Waals surface area contributed by atoms with Gasteiger partial charge in [-0.25, -0.2) is 9.97 Å². The molecule has 0 amide bonds. The van der Waals surface area contributed by atoms with Crippen LogP contribution in [-0.2, 0) is 0 Å². The highest BCUT2D eigenvalue weighted by molar-refractivity contribution is 6.23. The molecule has 6 heteroatoms. The van der Waals surface area contributed by atoms with Crippen LogP contribution < -0.4 is 0 Å². The quantitative estimate of drug-likeness (QED) is 0.206. The normalized spacial score (nSPS) is 11.9. The van der Waals surface area contributed by atoms with E-state index in [1.54, 1.807) is 0 Å². The zero-order valence-electron chi connectivity index (χ0n) is 24.5. The average Bonchev–Trinajstić information content (AvgIpc) is 3.40. The highest BCUT2D eigenvalue weighted by atomic mass is 15.2. The van der Waals surface area contributed by atoms with E-state index in [2.05, 4.69) is 122 Å². The molecule has 0 fully saturated rings. The smallest absolute Gasteiger partial charge is 0.235 e. The summed E-state index contributed by atoms with van der Waals surface area (Å²) in [6.07, 6.45) is 7.60. The first-order valence-corrected chi connectivity index (χ1v) is 15.3. The highest BCUT2D eigenvalue weighted by Crippen LogP contribution is 2.39. The Kier molecular flexibility index (Phi) is 5.19. The van der Waals surface area contributed by atoms with Crippen LogP contribution in [0.2, 0.25) is 0 Å². The standard InChI is InChI=1S/C40H24N6/c1-2-7-25(8-3-1)26-13-15-28(16-14-26)38-30-10-4-5-11-32(30)43-40(44-38)46-35-12-6-9-27-17-18-29-31-23-41-21-19-33(31)45(39(29)37(27)35)34-20-22-42-24-36(34)46/h1-24H. The molecule has 5 aromatic carbocycles. The molecule has 0 atom stereocenters. The number of pyridine rings is 2. The Labute approximate surface area is 262 Å². The molecule has 0 bridgehead atoms. The fourth-order valence-corrected chi connectivity index (χ4v) is 7.06. The van der Waals surface area contributed by atoms with Gasteiger partial charge >= 0.3 is 0 Å². The minimum absolute atomic E-state index is 0.594. The molecule has 46 heavy (non-hydrogen) atoms. The van der Waals surface area contributed by atoms with Gasteiger partial charge in [-0.2, -0.15) is 0 Å². The topological polar surface area (TPSA) is 60.9 Å². The average molecular weight is 589 g/mol. The summed E-state index contributed by atoms with van der Waals surface area (Å²) < 4.78 is 4.53. The number of hydrogen-bond donors (Lipinski definition) is 0. The predicted octanol–water partition coefficient (Wildman–Crippen LogP) is 9.41. The van der Waals surface area contributed by atoms with Gasteiger partial charge in [0, 0.05) is 45.7 Å². The summed E-state index contributed by atoms with van der Waals surface area (Å²) in [4.78, 5) is 19.7. The molecule has 214 valence electrons. The molecule has 6 nitrogen and oxygen atoms in total. The van der Waals surface area contributed by atoms with E-state index in [1.807, 2.05) is 43.0 Å². The first-order chi connectivity index (χ1) is 22.8. The van der Waals surface area contributed by atoms with E-state index in [9.17, 15) is 0 Å². The molecule has 0 radical (unpaired) electrons. The van der Waals surface area contributed by atoms with Crippen LogP contribution in [0, 0.1) is 0 Å². The molecule has 0 aliphatic carbocycles. The van der Waals surface area contributed by atoms with Gasteiger partial charge in [0.05, 0.1) is 45.0 Å². The van der Waals surface area contributed by atoms with Crippen LogP contribution in [0.4, 0.5) is 0 Å². The fraction of sp³-hybridized carbons (Fsp3) is 0. The van der Waals surface area contributed by atoms with E-state index >= 15 is 0 Å². The number of fused-ring (bicyclic) bond motifs is 6. The summed E-state index contributed by atoms with van der Waals surface area (Å²) in [5.41, 5.74) is 10.3. The number of nitrogens with zero attached hydrogens (tertiary/aromatic N) is 6. The molecule has 0 N–H and O–H groups in total. The van der Waals surface area contributed by atoms with Gasteiger partial charge in [0.25, 0.3) is 0 Å². The molecule has 0 saturated carbocycles. The van der Waals surface area contributed by atoms with Crippen molar-refractivity contribution in [2.45, 2.75) is 0 Å². The van der Waals surface area contributed by atoms with Crippen molar-refractivity contribution in [1.29, 1.82) is 0 Å². The fourth-order valence-electron chi connectivity index (χ4n) is 7.06. The van der Waals surface area contributed by atoms with Crippen LogP contribution in [0.15, 0.2) is 146 Å². The van der Waals surface area contributed by atoms with Gasteiger partial charge in [-0.15, -0.1) is 0 Å². The maximum absolute atomic E-state index is 5.37. The Morgan fingerprint density at radius 1 is 0.457 bits per heavy atom. The monoisotopic (exact) mass is 588 g/mol. The second kappa shape index (κ2) is 9.55. The third-order valence-electron chi connectivity index (χ3n) is 9.11. The predicted molar refractivity (Wildman–Crippen MR) is 186 cm³/mol. The van der Waals surface area contributed by atoms with E-state index in [4.69, 9.17) is 9.97 Å². The van der Waals surface area contributed by atoms with Crippen LogP contribution in [0.25, 0.3) is 88.4 Å². The molecule has 10 aromatic rings. The SMILES string of the molecule is c1ccc(-c2ccc(-c3nc(-n4c5cccc6ccc7c8cnccc8n(c8ccncc84)c7c65)nc4ccccc34)cc2)cc1. The van der Waals surface area contributed by atoms with Gasteiger partial charge in [-0.05, 0) is 40.8 Å². The lowest BCUT2D eigenvalue weighted by atomic mass is 10.0. The second-order valence-electron chi connectivity index (χ2n) is 11.6. The van der Waals surface area contributed by atoms with Gasteiger partial charge in [-0.1, -0.05) is 97.1 Å². The number of benzene rings is 5. The van der Waals surface area contributed by atoms with Gasteiger partial charge in [0.15, 0.2) is 0 Å². The molecular weight excluding hydrogens is 564 g/mol. The molecule has 0 unspecified atom stereocenters. The number of para-hydroxylation sites is 1. The molecule has 0 saturated heterocycles. The number of rotatable bonds is 3. The van der Waals surface area contributed by atoms with E-state index < -0.39 is 0 Å². The molecule has 5 heterocycles. The van der Waals surface area contributed by atoms with Crippen LogP contribution in [0.3, 0.4) is 0 Å². The zero-order chi connectivity index (χ0) is 30.2. The van der Waals surface area contributed by atoms with Crippen molar-refractivity contribution in [3.63, 3.8) is 0 Å². The lowest BCUT2D eigenvalue weighted by molar-refractivity contribution is 1.00. The summed E-state index contributed by atoms with van der Waals surface area (Å²) in [5, 5.41) is 5.56. The Hall–Kier alpha value is -6.40. The van der Waals surface area contributed by atoms with Gasteiger partial charge in [0.1, 0.15) is 0 Å². The van der Waals surface area contributed by atoms with E-state index in [-0.39, 0.29) is 0 Å². The molecular formula is C40H24N6. The summed E-state index contributed by atoms with van der Waals surface area (Å²) in [5.74, 6) is 0.594. The van der Waals surface area contributed by atoms with Crippen molar-refractivity contribution in [3.05, 3.63) is 146 Å². The minimum atomic E-state index is 0.594. The van der Waals surface area contributed by atoms with Crippen molar-refractivity contribution < 1.29 is 0 Å². The summed E-state index contributed by atoms with van der Waals surface area (Å²) in [7, 11) is 0. The lowest BCUT2D eigenvalue weighted by Crippen LogP contribution is -2.05. The maximum Gasteiger partial charge on any atom is 0.235 e. The van der Waals surface area contributed by atoms with Crippen LogP contribution in [0.5, 0.6) is 0 Å². The molecule has 10 rings (SSSR count). The number of hydrogen-bond acceptors (Lipinski definition) is 4. The van der Waals surface area contributed by atoms with Crippen LogP contribution >= 0.6 is 0 Å². The van der Waals surface area contributed by atoms with Crippen molar-refractivity contribution in [2.75, 3.05) is 0 Å². The van der Waals surface area contributed by atoms with Gasteiger partial charge < -0.3 is 4.40 Å². The van der Waals surface area contributed by atoms with Crippen molar-refractivity contribution in [1.82, 2.24) is 28.9 Å². The second-order valence-corrected chi connectivity index (χ2v) is 11.6. The molecule has 0 aliphatic heterocycles. The molecule has 0 spiro atoms. The van der Waals surface area contributed by atoms with Gasteiger partial charge in [0.2, 0.25) is 5.95 Å². The summed E-state index contributed by atoms with van der Waals surface area (Å²) in [6.45, 7) is 0. The van der Waals surface area contributed by atoms with E-state index in [0.29, 0.717) is 5.95 Å². The van der Waals surface area contributed by atoms with Gasteiger partial charge in [-0.3, -0.25) is 14.5 Å². The third-order valence-corrected chi connectivity index (χ3v) is 9.11. The first kappa shape index (κ1) is 25.0. The Morgan fingerprint density at radius 2 is 1.22 bits per heavy atom. The third kappa shape index (κ3) is 3.52. The Bertz CT molecular complexity index is 2780. The van der Waals surface area contributed by atoms with Crippen molar-refractivity contribution in [2.24, 2.45) is 0 Å². The van der Waals surface area contributed by atoms with Crippen LogP contribution in [0.1, 0.15) is 0 Å². The first-order valence-electron chi connectivity index (χ1n) is 15.3. The largest absolute Gasteiger partial charge is 0.306 e. The molecule has 0 aliphatic rings. The van der Waals surface area contributed by atoms with E-state index in [0.717, 1.165) is 71.3 Å². The lowest BCUT2D eigenvalue weighted by Gasteiger charge is -2.14. The van der Waals surface area contributed by atoms with Crippen LogP contribution in [-0.4, -0.2) is 28.9 Å². The minimum Gasteiger partial charge on any atom is -0.306 e. The van der Waals surface area contributed by atoms with E-state index in [1.165, 1.54) is 11.1 Å².